The smallest absolute Gasteiger partial charge is 0.0139 e. The van der Waals surface area contributed by atoms with Gasteiger partial charge in [0.2, 0.25) is 0 Å². The minimum Gasteiger partial charge on any atom is -0.308 e. The molecule has 0 N–H and O–H groups in total. The third kappa shape index (κ3) is 3.33. The molecule has 1 aromatic carbocycles. The lowest BCUT2D eigenvalue weighted by atomic mass is 9.87. The summed E-state index contributed by atoms with van der Waals surface area (Å²) in [7, 11) is 4.31. The molecule has 2 nitrogen and oxygen atoms in total. The van der Waals surface area contributed by atoms with Gasteiger partial charge in [-0.05, 0) is 51.0 Å². The average Bonchev–Trinajstić information content (AvgIpc) is 2.39. The third-order valence-electron chi connectivity index (χ3n) is 4.08. The van der Waals surface area contributed by atoms with E-state index in [0.29, 0.717) is 0 Å². The Morgan fingerprint density at radius 3 is 2.50 bits per heavy atom. The number of benzene rings is 1. The molecule has 0 radical (unpaired) electrons. The van der Waals surface area contributed by atoms with Crippen LogP contribution in [-0.4, -0.2) is 49.6 Å². The van der Waals surface area contributed by atoms with E-state index >= 15 is 0 Å². The SMILES string of the molecule is CCN(CCN(C)C)[C@@H]1CCc2ccccc2C1. The predicted octanol–water partition coefficient (Wildman–Crippen LogP) is 2.43. The van der Waals surface area contributed by atoms with Gasteiger partial charge in [-0.3, -0.25) is 4.90 Å². The van der Waals surface area contributed by atoms with Gasteiger partial charge in [0.05, 0.1) is 0 Å². The highest BCUT2D eigenvalue weighted by Gasteiger charge is 2.22. The topological polar surface area (TPSA) is 6.48 Å². The summed E-state index contributed by atoms with van der Waals surface area (Å²) in [6.07, 6.45) is 3.80. The summed E-state index contributed by atoms with van der Waals surface area (Å²) in [5.74, 6) is 0. The van der Waals surface area contributed by atoms with E-state index in [0.717, 1.165) is 12.6 Å². The quantitative estimate of drug-likeness (QED) is 0.787. The van der Waals surface area contributed by atoms with Crippen molar-refractivity contribution in [1.82, 2.24) is 9.80 Å². The lowest BCUT2D eigenvalue weighted by molar-refractivity contribution is 0.172. The fraction of sp³-hybridized carbons (Fsp3) is 0.625. The molecule has 1 aliphatic carbocycles. The lowest BCUT2D eigenvalue weighted by Gasteiger charge is -2.35. The second kappa shape index (κ2) is 6.35. The molecule has 0 unspecified atom stereocenters. The average molecular weight is 246 g/mol. The molecule has 2 heteroatoms. The van der Waals surface area contributed by atoms with Crippen molar-refractivity contribution in [2.75, 3.05) is 33.7 Å². The molecule has 0 bridgehead atoms. The van der Waals surface area contributed by atoms with E-state index in [1.807, 2.05) is 0 Å². The summed E-state index contributed by atoms with van der Waals surface area (Å²) in [6.45, 7) is 5.80. The van der Waals surface area contributed by atoms with E-state index < -0.39 is 0 Å². The standard InChI is InChI=1S/C16H26N2/c1-4-18(12-11-17(2)3)16-10-9-14-7-5-6-8-15(14)13-16/h5-8,16H,4,9-13H2,1-3H3/t16-/m1/s1. The Hall–Kier alpha value is -0.860. The van der Waals surface area contributed by atoms with Crippen LogP contribution in [0.3, 0.4) is 0 Å². The first-order valence-electron chi connectivity index (χ1n) is 7.16. The normalized spacial score (nSPS) is 19.3. The lowest BCUT2D eigenvalue weighted by Crippen LogP contribution is -2.42. The van der Waals surface area contributed by atoms with Gasteiger partial charge < -0.3 is 4.90 Å². The van der Waals surface area contributed by atoms with Gasteiger partial charge in [-0.2, -0.15) is 0 Å². The Balaban J connectivity index is 1.98. The summed E-state index contributed by atoms with van der Waals surface area (Å²) < 4.78 is 0. The van der Waals surface area contributed by atoms with Crippen molar-refractivity contribution in [1.29, 1.82) is 0 Å². The minimum absolute atomic E-state index is 0.741. The van der Waals surface area contributed by atoms with Crippen LogP contribution < -0.4 is 0 Å². The zero-order chi connectivity index (χ0) is 13.0. The van der Waals surface area contributed by atoms with E-state index in [4.69, 9.17) is 0 Å². The van der Waals surface area contributed by atoms with E-state index in [1.165, 1.54) is 32.4 Å². The highest BCUT2D eigenvalue weighted by atomic mass is 15.2. The molecule has 18 heavy (non-hydrogen) atoms. The van der Waals surface area contributed by atoms with Crippen molar-refractivity contribution in [2.24, 2.45) is 0 Å². The molecule has 1 atom stereocenters. The highest BCUT2D eigenvalue weighted by molar-refractivity contribution is 5.30. The monoisotopic (exact) mass is 246 g/mol. The van der Waals surface area contributed by atoms with Gasteiger partial charge in [-0.1, -0.05) is 31.2 Å². The summed E-state index contributed by atoms with van der Waals surface area (Å²) >= 11 is 0. The number of aryl methyl sites for hydroxylation is 1. The summed E-state index contributed by atoms with van der Waals surface area (Å²) in [6, 6.07) is 9.69. The van der Waals surface area contributed by atoms with Gasteiger partial charge in [-0.25, -0.2) is 0 Å². The zero-order valence-corrected chi connectivity index (χ0v) is 12.0. The van der Waals surface area contributed by atoms with Gasteiger partial charge >= 0.3 is 0 Å². The molecule has 100 valence electrons. The predicted molar refractivity (Wildman–Crippen MR) is 78.1 cm³/mol. The Kier molecular flexibility index (Phi) is 4.79. The van der Waals surface area contributed by atoms with E-state index in [-0.39, 0.29) is 0 Å². The molecule has 1 aromatic rings. The maximum Gasteiger partial charge on any atom is 0.0139 e. The van der Waals surface area contributed by atoms with E-state index in [1.54, 1.807) is 11.1 Å². The fourth-order valence-electron chi connectivity index (χ4n) is 2.92. The molecule has 0 saturated carbocycles. The number of hydrogen-bond donors (Lipinski definition) is 0. The van der Waals surface area contributed by atoms with E-state index in [2.05, 4.69) is 55.1 Å². The van der Waals surface area contributed by atoms with Crippen molar-refractivity contribution in [3.63, 3.8) is 0 Å². The second-order valence-corrected chi connectivity index (χ2v) is 5.60. The van der Waals surface area contributed by atoms with Crippen LogP contribution >= 0.6 is 0 Å². The number of hydrogen-bond acceptors (Lipinski definition) is 2. The summed E-state index contributed by atoms with van der Waals surface area (Å²) in [5.41, 5.74) is 3.13. The molecular weight excluding hydrogens is 220 g/mol. The maximum absolute atomic E-state index is 2.65. The van der Waals surface area contributed by atoms with Crippen molar-refractivity contribution in [2.45, 2.75) is 32.2 Å². The number of nitrogens with zero attached hydrogens (tertiary/aromatic N) is 2. The molecular formula is C16H26N2. The number of likely N-dealkylation sites (N-methyl/N-ethyl adjacent to an activating group) is 2. The van der Waals surface area contributed by atoms with Gasteiger partial charge in [0, 0.05) is 19.1 Å². The number of rotatable bonds is 5. The van der Waals surface area contributed by atoms with Crippen molar-refractivity contribution >= 4 is 0 Å². The van der Waals surface area contributed by atoms with Gasteiger partial charge in [0.15, 0.2) is 0 Å². The Labute approximate surface area is 112 Å². The van der Waals surface area contributed by atoms with Crippen LogP contribution in [0, 0.1) is 0 Å². The Morgan fingerprint density at radius 2 is 1.83 bits per heavy atom. The minimum atomic E-state index is 0.741. The first-order valence-corrected chi connectivity index (χ1v) is 7.16. The van der Waals surface area contributed by atoms with Gasteiger partial charge in [0.1, 0.15) is 0 Å². The first kappa shape index (κ1) is 13.6. The molecule has 0 spiro atoms. The fourth-order valence-corrected chi connectivity index (χ4v) is 2.92. The van der Waals surface area contributed by atoms with Crippen molar-refractivity contribution in [3.05, 3.63) is 35.4 Å². The van der Waals surface area contributed by atoms with Crippen molar-refractivity contribution < 1.29 is 0 Å². The maximum atomic E-state index is 2.65. The molecule has 0 fully saturated rings. The first-order chi connectivity index (χ1) is 8.70. The zero-order valence-electron chi connectivity index (χ0n) is 12.0. The molecule has 0 aromatic heterocycles. The Bertz CT molecular complexity index is 373. The molecule has 0 aliphatic heterocycles. The van der Waals surface area contributed by atoms with Crippen LogP contribution in [0.5, 0.6) is 0 Å². The molecule has 0 amide bonds. The number of fused-ring (bicyclic) bond motifs is 1. The Morgan fingerprint density at radius 1 is 1.11 bits per heavy atom. The van der Waals surface area contributed by atoms with Crippen LogP contribution in [0.25, 0.3) is 0 Å². The summed E-state index contributed by atoms with van der Waals surface area (Å²) in [4.78, 5) is 4.93. The van der Waals surface area contributed by atoms with Crippen LogP contribution in [-0.2, 0) is 12.8 Å². The second-order valence-electron chi connectivity index (χ2n) is 5.60. The third-order valence-corrected chi connectivity index (χ3v) is 4.08. The van der Waals surface area contributed by atoms with Crippen LogP contribution in [0.1, 0.15) is 24.5 Å². The van der Waals surface area contributed by atoms with Crippen LogP contribution in [0.2, 0.25) is 0 Å². The molecule has 0 heterocycles. The van der Waals surface area contributed by atoms with Gasteiger partial charge in [-0.15, -0.1) is 0 Å². The van der Waals surface area contributed by atoms with Gasteiger partial charge in [0.25, 0.3) is 0 Å². The largest absolute Gasteiger partial charge is 0.308 e. The van der Waals surface area contributed by atoms with Crippen LogP contribution in [0.15, 0.2) is 24.3 Å². The molecule has 0 saturated heterocycles. The highest BCUT2D eigenvalue weighted by Crippen LogP contribution is 2.24. The molecule has 1 aliphatic rings. The van der Waals surface area contributed by atoms with Crippen LogP contribution in [0.4, 0.5) is 0 Å². The van der Waals surface area contributed by atoms with Crippen molar-refractivity contribution in [3.8, 4) is 0 Å². The summed E-state index contributed by atoms with van der Waals surface area (Å²) in [5, 5.41) is 0. The molecule has 2 rings (SSSR count). The van der Waals surface area contributed by atoms with E-state index in [9.17, 15) is 0 Å².